The number of halogens is 2. The topological polar surface area (TPSA) is 114 Å². The Labute approximate surface area is 197 Å². The number of fused-ring (bicyclic) bond motifs is 1. The van der Waals surface area contributed by atoms with E-state index < -0.39 is 11.6 Å². The zero-order valence-corrected chi connectivity index (χ0v) is 19.1. The highest BCUT2D eigenvalue weighted by Gasteiger charge is 2.27. The smallest absolute Gasteiger partial charge is 0.224 e. The van der Waals surface area contributed by atoms with E-state index >= 15 is 0 Å². The fourth-order valence-corrected chi connectivity index (χ4v) is 5.17. The molecule has 5 N–H and O–H groups in total. The Balaban J connectivity index is 1.50. The molecule has 2 heterocycles. The number of anilines is 3. The molecule has 0 saturated heterocycles. The highest BCUT2D eigenvalue weighted by atomic mass is 19.1. The van der Waals surface area contributed by atoms with Crippen LogP contribution in [0.2, 0.25) is 0 Å². The van der Waals surface area contributed by atoms with Gasteiger partial charge in [0.1, 0.15) is 22.8 Å². The first-order chi connectivity index (χ1) is 16.5. The zero-order valence-electron chi connectivity index (χ0n) is 19.1. The van der Waals surface area contributed by atoms with Gasteiger partial charge in [-0.25, -0.2) is 18.7 Å². The Morgan fingerprint density at radius 3 is 2.38 bits per heavy atom. The van der Waals surface area contributed by atoms with Crippen molar-refractivity contribution in [1.29, 1.82) is 0 Å². The van der Waals surface area contributed by atoms with Crippen molar-refractivity contribution in [3.05, 3.63) is 36.0 Å². The van der Waals surface area contributed by atoms with Gasteiger partial charge in [-0.1, -0.05) is 6.07 Å². The summed E-state index contributed by atoms with van der Waals surface area (Å²) < 4.78 is 30.8. The summed E-state index contributed by atoms with van der Waals surface area (Å²) >= 11 is 0. The fourth-order valence-electron chi connectivity index (χ4n) is 5.17. The second-order valence-corrected chi connectivity index (χ2v) is 9.49. The lowest BCUT2D eigenvalue weighted by Crippen LogP contribution is -2.29. The first kappa shape index (κ1) is 22.9. The summed E-state index contributed by atoms with van der Waals surface area (Å²) in [6.45, 7) is 0.662. The average molecular weight is 472 g/mol. The Morgan fingerprint density at radius 1 is 1.00 bits per heavy atom. The number of benzene rings is 1. The van der Waals surface area contributed by atoms with Crippen molar-refractivity contribution in [1.82, 2.24) is 19.5 Å². The number of nitrogens with zero attached hydrogens (tertiary/aromatic N) is 4. The van der Waals surface area contributed by atoms with Gasteiger partial charge in [0, 0.05) is 12.1 Å². The maximum absolute atomic E-state index is 14.4. The molecule has 0 atom stereocenters. The number of nitrogens with two attached hydrogens (primary N) is 1. The van der Waals surface area contributed by atoms with E-state index in [1.54, 1.807) is 6.20 Å². The molecule has 0 bridgehead atoms. The van der Waals surface area contributed by atoms with Gasteiger partial charge < -0.3 is 21.5 Å². The minimum absolute atomic E-state index is 0.0812. The molecule has 34 heavy (non-hydrogen) atoms. The number of hydrogen-bond acceptors (Lipinski definition) is 7. The third-order valence-electron chi connectivity index (χ3n) is 7.18. The van der Waals surface area contributed by atoms with Crippen LogP contribution >= 0.6 is 0 Å². The third-order valence-corrected chi connectivity index (χ3v) is 7.18. The van der Waals surface area contributed by atoms with Gasteiger partial charge in [0.15, 0.2) is 5.65 Å². The summed E-state index contributed by atoms with van der Waals surface area (Å²) in [5, 5.41) is 16.0. The molecule has 0 radical (unpaired) electrons. The van der Waals surface area contributed by atoms with Crippen LogP contribution in [0.1, 0.15) is 57.4 Å². The number of aliphatic hydroxyl groups is 1. The summed E-state index contributed by atoms with van der Waals surface area (Å²) in [6, 6.07) is 4.04. The van der Waals surface area contributed by atoms with E-state index in [0.29, 0.717) is 35.5 Å². The normalized spacial score (nSPS) is 25.4. The lowest BCUT2D eigenvalue weighted by atomic mass is 9.86. The quantitative estimate of drug-likeness (QED) is 0.425. The van der Waals surface area contributed by atoms with Crippen LogP contribution in [0.25, 0.3) is 11.2 Å². The lowest BCUT2D eigenvalue weighted by Gasteiger charge is -2.30. The van der Waals surface area contributed by atoms with E-state index in [0.717, 1.165) is 51.4 Å². The SMILES string of the molecule is NC[C@H]1CC[C@@H](n2c(Nc3c(F)cccc3F)nc3cnc(N[C@H]4CC[C@H](O)CC4)nc32)CC1. The fraction of sp³-hybridized carbons (Fsp3) is 0.542. The number of hydrogen-bond donors (Lipinski definition) is 4. The van der Waals surface area contributed by atoms with Gasteiger partial charge in [-0.15, -0.1) is 0 Å². The molecular weight excluding hydrogens is 440 g/mol. The van der Waals surface area contributed by atoms with Gasteiger partial charge in [0.05, 0.1) is 12.3 Å². The summed E-state index contributed by atoms with van der Waals surface area (Å²) in [4.78, 5) is 13.8. The second kappa shape index (κ2) is 9.79. The molecular formula is C24H31F2N7O. The van der Waals surface area contributed by atoms with Crippen LogP contribution in [-0.4, -0.2) is 43.3 Å². The van der Waals surface area contributed by atoms with Crippen molar-refractivity contribution in [2.24, 2.45) is 11.7 Å². The van der Waals surface area contributed by atoms with Gasteiger partial charge in [0.2, 0.25) is 11.9 Å². The molecule has 8 nitrogen and oxygen atoms in total. The van der Waals surface area contributed by atoms with Crippen molar-refractivity contribution < 1.29 is 13.9 Å². The first-order valence-electron chi connectivity index (χ1n) is 12.1. The van der Waals surface area contributed by atoms with E-state index in [9.17, 15) is 13.9 Å². The predicted molar refractivity (Wildman–Crippen MR) is 127 cm³/mol. The Hall–Kier alpha value is -2.85. The molecule has 2 fully saturated rings. The van der Waals surface area contributed by atoms with E-state index in [2.05, 4.69) is 20.6 Å². The molecule has 2 aliphatic carbocycles. The van der Waals surface area contributed by atoms with E-state index in [1.165, 1.54) is 18.2 Å². The zero-order chi connectivity index (χ0) is 23.7. The van der Waals surface area contributed by atoms with Crippen LogP contribution in [0.15, 0.2) is 24.4 Å². The second-order valence-electron chi connectivity index (χ2n) is 9.49. The van der Waals surface area contributed by atoms with Crippen LogP contribution in [0, 0.1) is 17.6 Å². The number of para-hydroxylation sites is 1. The number of rotatable bonds is 6. The lowest BCUT2D eigenvalue weighted by molar-refractivity contribution is 0.126. The summed E-state index contributed by atoms with van der Waals surface area (Å²) in [5.74, 6) is -0.0338. The third kappa shape index (κ3) is 4.69. The molecule has 10 heteroatoms. The van der Waals surface area contributed by atoms with Crippen molar-refractivity contribution in [3.8, 4) is 0 Å². The molecule has 182 valence electrons. The van der Waals surface area contributed by atoms with Crippen LogP contribution in [0.5, 0.6) is 0 Å². The van der Waals surface area contributed by atoms with Crippen LogP contribution in [-0.2, 0) is 0 Å². The minimum atomic E-state index is -0.682. The Bertz CT molecular complexity index is 1120. The molecule has 1 aromatic carbocycles. The van der Waals surface area contributed by atoms with E-state index in [1.807, 2.05) is 4.57 Å². The van der Waals surface area contributed by atoms with Crippen LogP contribution in [0.4, 0.5) is 26.4 Å². The standard InChI is InChI=1S/C24H31F2N7O/c25-18-2-1-3-19(26)21(18)31-24-30-20-13-28-23(29-15-6-10-17(34)11-7-15)32-22(20)33(24)16-8-4-14(12-27)5-9-16/h1-3,13-17,34H,4-12,27H2,(H,30,31)(H,28,29,32)/t14-,15-,16+,17-. The number of imidazole rings is 1. The van der Waals surface area contributed by atoms with Gasteiger partial charge in [-0.3, -0.25) is 4.57 Å². The van der Waals surface area contributed by atoms with Crippen molar-refractivity contribution in [3.63, 3.8) is 0 Å². The molecule has 3 aromatic rings. The van der Waals surface area contributed by atoms with Crippen LogP contribution < -0.4 is 16.4 Å². The number of aliphatic hydroxyl groups excluding tert-OH is 1. The minimum Gasteiger partial charge on any atom is -0.393 e. The van der Waals surface area contributed by atoms with Gasteiger partial charge in [0.25, 0.3) is 0 Å². The average Bonchev–Trinajstić information content (AvgIpc) is 3.20. The molecule has 2 aromatic heterocycles. The maximum atomic E-state index is 14.4. The molecule has 0 aliphatic heterocycles. The Morgan fingerprint density at radius 2 is 1.71 bits per heavy atom. The summed E-state index contributed by atoms with van der Waals surface area (Å²) in [6.07, 6.45) is 8.35. The molecule has 0 amide bonds. The van der Waals surface area contributed by atoms with Crippen LogP contribution in [0.3, 0.4) is 0 Å². The highest BCUT2D eigenvalue weighted by molar-refractivity contribution is 5.76. The van der Waals surface area contributed by atoms with Gasteiger partial charge in [-0.2, -0.15) is 4.98 Å². The summed E-state index contributed by atoms with van der Waals surface area (Å²) in [5.41, 5.74) is 6.84. The van der Waals surface area contributed by atoms with E-state index in [-0.39, 0.29) is 23.9 Å². The van der Waals surface area contributed by atoms with Gasteiger partial charge in [-0.05, 0) is 76.0 Å². The van der Waals surface area contributed by atoms with Crippen molar-refractivity contribution in [2.75, 3.05) is 17.2 Å². The summed E-state index contributed by atoms with van der Waals surface area (Å²) in [7, 11) is 0. The molecule has 0 unspecified atom stereocenters. The Kier molecular flexibility index (Phi) is 6.60. The van der Waals surface area contributed by atoms with Crippen molar-refractivity contribution in [2.45, 2.75) is 69.6 Å². The van der Waals surface area contributed by atoms with Crippen molar-refractivity contribution >= 4 is 28.7 Å². The first-order valence-corrected chi connectivity index (χ1v) is 12.1. The molecule has 2 aliphatic rings. The highest BCUT2D eigenvalue weighted by Crippen LogP contribution is 2.37. The van der Waals surface area contributed by atoms with E-state index in [4.69, 9.17) is 10.7 Å². The molecule has 0 spiro atoms. The number of nitrogens with one attached hydrogen (secondary N) is 2. The molecule has 2 saturated carbocycles. The maximum Gasteiger partial charge on any atom is 0.224 e. The monoisotopic (exact) mass is 471 g/mol. The largest absolute Gasteiger partial charge is 0.393 e. The number of aromatic nitrogens is 4. The predicted octanol–water partition coefficient (Wildman–Crippen LogP) is 4.25. The molecule has 5 rings (SSSR count). The van der Waals surface area contributed by atoms with Gasteiger partial charge >= 0.3 is 0 Å².